The topological polar surface area (TPSA) is 36.9 Å². The molecule has 4 nitrogen and oxygen atoms in total. The normalized spacial score (nSPS) is 48.0. The second-order valence-corrected chi connectivity index (χ2v) is 4.30. The van der Waals surface area contributed by atoms with E-state index >= 15 is 0 Å². The van der Waals surface area contributed by atoms with Crippen LogP contribution in [0.4, 0.5) is 0 Å². The number of hydrogen-bond donors (Lipinski definition) is 0. The first-order valence-corrected chi connectivity index (χ1v) is 5.39. The molecule has 3 heterocycles. The minimum Gasteiger partial charge on any atom is -0.348 e. The summed E-state index contributed by atoms with van der Waals surface area (Å²) in [6.07, 6.45) is 4.03. The zero-order valence-electron chi connectivity index (χ0n) is 8.29. The summed E-state index contributed by atoms with van der Waals surface area (Å²) >= 11 is 0. The lowest BCUT2D eigenvalue weighted by molar-refractivity contribution is -0.365. The van der Waals surface area contributed by atoms with E-state index in [4.69, 9.17) is 18.9 Å². The molecule has 0 saturated carbocycles. The van der Waals surface area contributed by atoms with Crippen molar-refractivity contribution in [2.24, 2.45) is 0 Å². The SMILES string of the molecule is C1COC2(C1)COC1(CCCO1)CO2. The van der Waals surface area contributed by atoms with Gasteiger partial charge in [0.1, 0.15) is 13.2 Å². The van der Waals surface area contributed by atoms with Crippen molar-refractivity contribution < 1.29 is 18.9 Å². The summed E-state index contributed by atoms with van der Waals surface area (Å²) in [5.41, 5.74) is 0. The van der Waals surface area contributed by atoms with E-state index in [0.717, 1.165) is 38.9 Å². The van der Waals surface area contributed by atoms with Crippen molar-refractivity contribution in [3.05, 3.63) is 0 Å². The van der Waals surface area contributed by atoms with E-state index in [-0.39, 0.29) is 0 Å². The fourth-order valence-electron chi connectivity index (χ4n) is 2.37. The van der Waals surface area contributed by atoms with Crippen molar-refractivity contribution in [3.8, 4) is 0 Å². The second-order valence-electron chi connectivity index (χ2n) is 4.30. The Morgan fingerprint density at radius 3 is 1.43 bits per heavy atom. The molecular weight excluding hydrogens is 184 g/mol. The molecule has 3 fully saturated rings. The number of hydrogen-bond acceptors (Lipinski definition) is 4. The Bertz CT molecular complexity index is 180. The van der Waals surface area contributed by atoms with E-state index in [0.29, 0.717) is 13.2 Å². The van der Waals surface area contributed by atoms with Crippen molar-refractivity contribution in [1.82, 2.24) is 0 Å². The maximum absolute atomic E-state index is 5.79. The zero-order valence-corrected chi connectivity index (χ0v) is 8.29. The van der Waals surface area contributed by atoms with Gasteiger partial charge in [0.15, 0.2) is 11.6 Å². The summed E-state index contributed by atoms with van der Waals surface area (Å²) in [4.78, 5) is 0. The van der Waals surface area contributed by atoms with Crippen molar-refractivity contribution in [3.63, 3.8) is 0 Å². The third kappa shape index (κ3) is 1.37. The third-order valence-corrected chi connectivity index (χ3v) is 3.24. The van der Waals surface area contributed by atoms with Gasteiger partial charge in [-0.1, -0.05) is 0 Å². The first-order valence-electron chi connectivity index (χ1n) is 5.39. The molecule has 0 amide bonds. The molecule has 3 aliphatic rings. The van der Waals surface area contributed by atoms with Crippen molar-refractivity contribution in [2.45, 2.75) is 37.3 Å². The smallest absolute Gasteiger partial charge is 0.192 e. The number of rotatable bonds is 0. The first kappa shape index (κ1) is 9.09. The predicted octanol–water partition coefficient (Wildman–Crippen LogP) is 1.05. The van der Waals surface area contributed by atoms with Gasteiger partial charge in [-0.15, -0.1) is 0 Å². The molecule has 0 bridgehead atoms. The van der Waals surface area contributed by atoms with Crippen LogP contribution in [0.1, 0.15) is 25.7 Å². The molecule has 4 heteroatoms. The predicted molar refractivity (Wildman–Crippen MR) is 47.7 cm³/mol. The first-order chi connectivity index (χ1) is 6.83. The van der Waals surface area contributed by atoms with Gasteiger partial charge in [0.05, 0.1) is 13.2 Å². The van der Waals surface area contributed by atoms with Crippen LogP contribution in [0.15, 0.2) is 0 Å². The Kier molecular flexibility index (Phi) is 2.06. The molecule has 3 aliphatic heterocycles. The van der Waals surface area contributed by atoms with Gasteiger partial charge in [-0.2, -0.15) is 0 Å². The van der Waals surface area contributed by atoms with Crippen LogP contribution in [0.3, 0.4) is 0 Å². The third-order valence-electron chi connectivity index (χ3n) is 3.24. The number of ether oxygens (including phenoxy) is 4. The lowest BCUT2D eigenvalue weighted by Crippen LogP contribution is -2.53. The molecule has 0 radical (unpaired) electrons. The van der Waals surface area contributed by atoms with Gasteiger partial charge in [0, 0.05) is 12.8 Å². The van der Waals surface area contributed by atoms with Crippen LogP contribution >= 0.6 is 0 Å². The monoisotopic (exact) mass is 200 g/mol. The van der Waals surface area contributed by atoms with Gasteiger partial charge >= 0.3 is 0 Å². The van der Waals surface area contributed by atoms with E-state index in [9.17, 15) is 0 Å². The summed E-state index contributed by atoms with van der Waals surface area (Å²) in [7, 11) is 0. The van der Waals surface area contributed by atoms with E-state index < -0.39 is 11.6 Å². The molecule has 14 heavy (non-hydrogen) atoms. The van der Waals surface area contributed by atoms with Crippen LogP contribution in [0, 0.1) is 0 Å². The molecule has 0 aliphatic carbocycles. The minimum atomic E-state index is -0.447. The molecule has 80 valence electrons. The summed E-state index contributed by atoms with van der Waals surface area (Å²) in [5.74, 6) is -0.894. The molecule has 3 rings (SSSR count). The highest BCUT2D eigenvalue weighted by atomic mass is 16.8. The summed E-state index contributed by atoms with van der Waals surface area (Å²) in [6.45, 7) is 2.62. The van der Waals surface area contributed by atoms with Gasteiger partial charge < -0.3 is 18.9 Å². The average molecular weight is 200 g/mol. The maximum Gasteiger partial charge on any atom is 0.192 e. The Morgan fingerprint density at radius 2 is 1.14 bits per heavy atom. The molecular formula is C10H16O4. The standard InChI is InChI=1S/C10H16O4/c1-3-9(11-5-1)7-14-10(8-13-9)4-2-6-12-10/h1-8H2. The molecule has 0 aromatic heterocycles. The molecule has 2 atom stereocenters. The molecule has 0 N–H and O–H groups in total. The Morgan fingerprint density at radius 1 is 0.643 bits per heavy atom. The Labute approximate surface area is 83.5 Å². The molecule has 2 spiro atoms. The van der Waals surface area contributed by atoms with Crippen LogP contribution < -0.4 is 0 Å². The molecule has 3 saturated heterocycles. The van der Waals surface area contributed by atoms with Gasteiger partial charge in [0.2, 0.25) is 0 Å². The van der Waals surface area contributed by atoms with Crippen molar-refractivity contribution in [2.75, 3.05) is 26.4 Å². The highest BCUT2D eigenvalue weighted by Crippen LogP contribution is 2.38. The Balaban J connectivity index is 1.66. The van der Waals surface area contributed by atoms with Crippen LogP contribution in [-0.4, -0.2) is 38.0 Å². The highest BCUT2D eigenvalue weighted by Gasteiger charge is 2.49. The van der Waals surface area contributed by atoms with Gasteiger partial charge in [-0.05, 0) is 12.8 Å². The lowest BCUT2D eigenvalue weighted by atomic mass is 10.1. The summed E-state index contributed by atoms with van der Waals surface area (Å²) < 4.78 is 22.7. The van der Waals surface area contributed by atoms with Crippen molar-refractivity contribution >= 4 is 0 Å². The summed E-state index contributed by atoms with van der Waals surface area (Å²) in [5, 5.41) is 0. The lowest BCUT2D eigenvalue weighted by Gasteiger charge is -2.41. The Hall–Kier alpha value is -0.160. The minimum absolute atomic E-state index is 0.447. The van der Waals surface area contributed by atoms with Crippen LogP contribution in [0.5, 0.6) is 0 Å². The van der Waals surface area contributed by atoms with Crippen molar-refractivity contribution in [1.29, 1.82) is 0 Å². The van der Waals surface area contributed by atoms with Gasteiger partial charge in [0.25, 0.3) is 0 Å². The van der Waals surface area contributed by atoms with Crippen LogP contribution in [-0.2, 0) is 18.9 Å². The van der Waals surface area contributed by atoms with Crippen LogP contribution in [0.25, 0.3) is 0 Å². The average Bonchev–Trinajstić information content (AvgIpc) is 2.81. The zero-order chi connectivity index (χ0) is 9.49. The summed E-state index contributed by atoms with van der Waals surface area (Å²) in [6, 6.07) is 0. The fourth-order valence-corrected chi connectivity index (χ4v) is 2.37. The maximum atomic E-state index is 5.79. The van der Waals surface area contributed by atoms with E-state index in [1.54, 1.807) is 0 Å². The largest absolute Gasteiger partial charge is 0.348 e. The fraction of sp³-hybridized carbons (Fsp3) is 1.00. The highest BCUT2D eigenvalue weighted by molar-refractivity contribution is 4.85. The molecule has 0 aromatic carbocycles. The van der Waals surface area contributed by atoms with Crippen LogP contribution in [0.2, 0.25) is 0 Å². The van der Waals surface area contributed by atoms with E-state index in [1.165, 1.54) is 0 Å². The molecule has 2 unspecified atom stereocenters. The van der Waals surface area contributed by atoms with E-state index in [1.807, 2.05) is 0 Å². The molecule has 0 aromatic rings. The quantitative estimate of drug-likeness (QED) is 0.585. The van der Waals surface area contributed by atoms with Gasteiger partial charge in [-0.3, -0.25) is 0 Å². The van der Waals surface area contributed by atoms with E-state index in [2.05, 4.69) is 0 Å². The van der Waals surface area contributed by atoms with Gasteiger partial charge in [-0.25, -0.2) is 0 Å². The second kappa shape index (κ2) is 3.17.